The van der Waals surface area contributed by atoms with Crippen LogP contribution < -0.4 is 0 Å². The number of aromatic nitrogens is 3. The van der Waals surface area contributed by atoms with E-state index in [2.05, 4.69) is 10.1 Å². The fourth-order valence-corrected chi connectivity index (χ4v) is 2.75. The molecule has 0 aliphatic heterocycles. The van der Waals surface area contributed by atoms with E-state index < -0.39 is 9.84 Å². The predicted molar refractivity (Wildman–Crippen MR) is 82.0 cm³/mol. The van der Waals surface area contributed by atoms with Gasteiger partial charge in [-0.3, -0.25) is 0 Å². The monoisotopic (exact) mass is 317 g/mol. The van der Waals surface area contributed by atoms with Crippen molar-refractivity contribution >= 4 is 9.84 Å². The molecule has 22 heavy (non-hydrogen) atoms. The zero-order chi connectivity index (χ0) is 15.9. The van der Waals surface area contributed by atoms with Crippen LogP contribution in [0.25, 0.3) is 23.0 Å². The second-order valence-corrected chi connectivity index (χ2v) is 7.15. The van der Waals surface area contributed by atoms with Crippen LogP contribution in [0.15, 0.2) is 45.8 Å². The number of hydrogen-bond acceptors (Lipinski definition) is 5. The van der Waals surface area contributed by atoms with Gasteiger partial charge in [-0.2, -0.15) is 4.98 Å². The summed E-state index contributed by atoms with van der Waals surface area (Å²) in [6.07, 6.45) is 1.17. The molecule has 6 nitrogen and oxygen atoms in total. The van der Waals surface area contributed by atoms with E-state index in [1.54, 1.807) is 12.1 Å². The van der Waals surface area contributed by atoms with E-state index >= 15 is 0 Å². The smallest absolute Gasteiger partial charge is 0.274 e. The molecule has 7 heteroatoms. The van der Waals surface area contributed by atoms with Crippen molar-refractivity contribution in [3.05, 3.63) is 42.1 Å². The highest BCUT2D eigenvalue weighted by Crippen LogP contribution is 2.24. The van der Waals surface area contributed by atoms with Crippen LogP contribution in [0.1, 0.15) is 5.69 Å². The van der Waals surface area contributed by atoms with Crippen LogP contribution in [0.2, 0.25) is 0 Å². The molecule has 0 aliphatic rings. The molecule has 1 aromatic carbocycles. The number of rotatable bonds is 3. The van der Waals surface area contributed by atoms with Gasteiger partial charge < -0.3 is 9.09 Å². The molecule has 0 atom stereocenters. The Bertz CT molecular complexity index is 921. The Labute approximate surface area is 128 Å². The lowest BCUT2D eigenvalue weighted by Gasteiger charge is -1.99. The second kappa shape index (κ2) is 5.10. The molecular formula is C15H15N3O3S. The molecule has 0 amide bonds. The van der Waals surface area contributed by atoms with E-state index in [1.807, 2.05) is 30.7 Å². The zero-order valence-corrected chi connectivity index (χ0v) is 13.3. The Morgan fingerprint density at radius 1 is 1.09 bits per heavy atom. The molecule has 0 spiro atoms. The van der Waals surface area contributed by atoms with E-state index in [0.29, 0.717) is 17.3 Å². The Morgan fingerprint density at radius 2 is 1.77 bits per heavy atom. The van der Waals surface area contributed by atoms with Crippen LogP contribution in [0, 0.1) is 6.92 Å². The first-order chi connectivity index (χ1) is 10.4. The lowest BCUT2D eigenvalue weighted by Crippen LogP contribution is -1.96. The molecular weight excluding hydrogens is 302 g/mol. The molecule has 0 aliphatic carbocycles. The van der Waals surface area contributed by atoms with Gasteiger partial charge in [0.05, 0.1) is 4.90 Å². The minimum absolute atomic E-state index is 0.262. The van der Waals surface area contributed by atoms with Crippen molar-refractivity contribution in [2.45, 2.75) is 11.8 Å². The minimum Gasteiger partial charge on any atom is -0.344 e. The normalized spacial score (nSPS) is 11.8. The number of nitrogens with zero attached hydrogens (tertiary/aromatic N) is 3. The molecule has 2 aromatic heterocycles. The van der Waals surface area contributed by atoms with Crippen molar-refractivity contribution < 1.29 is 12.9 Å². The van der Waals surface area contributed by atoms with Crippen LogP contribution in [-0.2, 0) is 16.9 Å². The molecule has 114 valence electrons. The quantitative estimate of drug-likeness (QED) is 0.741. The summed E-state index contributed by atoms with van der Waals surface area (Å²) >= 11 is 0. The van der Waals surface area contributed by atoms with Crippen molar-refractivity contribution in [1.82, 2.24) is 14.7 Å². The molecule has 0 unspecified atom stereocenters. The van der Waals surface area contributed by atoms with Crippen LogP contribution in [0.5, 0.6) is 0 Å². The van der Waals surface area contributed by atoms with E-state index in [-0.39, 0.29) is 4.90 Å². The van der Waals surface area contributed by atoms with Gasteiger partial charge in [-0.15, -0.1) is 0 Å². The minimum atomic E-state index is -3.21. The largest absolute Gasteiger partial charge is 0.344 e. The SMILES string of the molecule is Cc1ccc(-c2nc(-c3ccc(S(C)(=O)=O)cc3)no2)n1C. The van der Waals surface area contributed by atoms with Gasteiger partial charge >= 0.3 is 0 Å². The summed E-state index contributed by atoms with van der Waals surface area (Å²) in [5, 5.41) is 3.96. The fraction of sp³-hybridized carbons (Fsp3) is 0.200. The molecule has 0 bridgehead atoms. The van der Waals surface area contributed by atoms with Gasteiger partial charge in [0.25, 0.3) is 5.89 Å². The maximum atomic E-state index is 11.5. The second-order valence-electron chi connectivity index (χ2n) is 5.14. The molecule has 0 saturated carbocycles. The summed E-state index contributed by atoms with van der Waals surface area (Å²) in [6, 6.07) is 10.3. The van der Waals surface area contributed by atoms with Gasteiger partial charge in [0.2, 0.25) is 5.82 Å². The predicted octanol–water partition coefficient (Wildman–Crippen LogP) is 2.45. The summed E-state index contributed by atoms with van der Waals surface area (Å²) in [6.45, 7) is 1.99. The molecule has 0 saturated heterocycles. The van der Waals surface area contributed by atoms with E-state index in [4.69, 9.17) is 4.52 Å². The van der Waals surface area contributed by atoms with Gasteiger partial charge in [0, 0.05) is 24.6 Å². The molecule has 3 rings (SSSR count). The molecule has 2 heterocycles. The third-order valence-corrected chi connectivity index (χ3v) is 4.69. The van der Waals surface area contributed by atoms with Crippen molar-refractivity contribution in [2.24, 2.45) is 7.05 Å². The maximum absolute atomic E-state index is 11.5. The van der Waals surface area contributed by atoms with E-state index in [1.165, 1.54) is 18.4 Å². The lowest BCUT2D eigenvalue weighted by molar-refractivity contribution is 0.429. The lowest BCUT2D eigenvalue weighted by atomic mass is 10.2. The number of hydrogen-bond donors (Lipinski definition) is 0. The summed E-state index contributed by atoms with van der Waals surface area (Å²) in [5.74, 6) is 0.853. The van der Waals surface area contributed by atoms with Gasteiger partial charge in [-0.25, -0.2) is 8.42 Å². The van der Waals surface area contributed by atoms with Crippen molar-refractivity contribution in [2.75, 3.05) is 6.26 Å². The van der Waals surface area contributed by atoms with Gasteiger partial charge in [-0.1, -0.05) is 5.16 Å². The highest BCUT2D eigenvalue weighted by Gasteiger charge is 2.14. The van der Waals surface area contributed by atoms with E-state index in [9.17, 15) is 8.42 Å². The standard InChI is InChI=1S/C15H15N3O3S/c1-10-4-9-13(18(10)2)15-16-14(17-21-15)11-5-7-12(8-6-11)22(3,19)20/h4-9H,1-3H3. The van der Waals surface area contributed by atoms with Crippen LogP contribution in [-0.4, -0.2) is 29.4 Å². The van der Waals surface area contributed by atoms with Crippen molar-refractivity contribution in [1.29, 1.82) is 0 Å². The zero-order valence-electron chi connectivity index (χ0n) is 12.4. The van der Waals surface area contributed by atoms with Gasteiger partial charge in [-0.05, 0) is 43.3 Å². The maximum Gasteiger partial charge on any atom is 0.274 e. The van der Waals surface area contributed by atoms with Crippen LogP contribution >= 0.6 is 0 Å². The van der Waals surface area contributed by atoms with Crippen molar-refractivity contribution in [3.8, 4) is 23.0 Å². The summed E-state index contributed by atoms with van der Waals surface area (Å²) in [7, 11) is -1.28. The van der Waals surface area contributed by atoms with Gasteiger partial charge in [0.15, 0.2) is 9.84 Å². The average Bonchev–Trinajstić information content (AvgIpc) is 3.07. The highest BCUT2D eigenvalue weighted by molar-refractivity contribution is 7.90. The Hall–Kier alpha value is -2.41. The Kier molecular flexibility index (Phi) is 3.37. The molecule has 0 radical (unpaired) electrons. The van der Waals surface area contributed by atoms with Gasteiger partial charge in [0.1, 0.15) is 5.69 Å². The topological polar surface area (TPSA) is 78.0 Å². The summed E-state index contributed by atoms with van der Waals surface area (Å²) in [4.78, 5) is 4.63. The first-order valence-corrected chi connectivity index (χ1v) is 8.52. The summed E-state index contributed by atoms with van der Waals surface area (Å²) < 4.78 is 30.2. The Balaban J connectivity index is 1.96. The van der Waals surface area contributed by atoms with Crippen LogP contribution in [0.3, 0.4) is 0 Å². The fourth-order valence-electron chi connectivity index (χ4n) is 2.12. The van der Waals surface area contributed by atoms with E-state index in [0.717, 1.165) is 11.4 Å². The third kappa shape index (κ3) is 2.55. The average molecular weight is 317 g/mol. The number of benzene rings is 1. The number of aryl methyl sites for hydroxylation is 1. The Morgan fingerprint density at radius 3 is 2.32 bits per heavy atom. The number of sulfone groups is 1. The molecule has 3 aromatic rings. The first kappa shape index (κ1) is 14.5. The summed E-state index contributed by atoms with van der Waals surface area (Å²) in [5.41, 5.74) is 2.63. The van der Waals surface area contributed by atoms with Crippen molar-refractivity contribution in [3.63, 3.8) is 0 Å². The van der Waals surface area contributed by atoms with Crippen LogP contribution in [0.4, 0.5) is 0 Å². The molecule has 0 N–H and O–H groups in total. The first-order valence-electron chi connectivity index (χ1n) is 6.63. The molecule has 0 fully saturated rings. The third-order valence-electron chi connectivity index (χ3n) is 3.56. The highest BCUT2D eigenvalue weighted by atomic mass is 32.2.